The second-order valence-corrected chi connectivity index (χ2v) is 3.57. The van der Waals surface area contributed by atoms with Crippen molar-refractivity contribution < 1.29 is 19.1 Å². The molecule has 0 radical (unpaired) electrons. The van der Waals surface area contributed by atoms with Gasteiger partial charge in [0.05, 0.1) is 28.8 Å². The number of rotatable bonds is 3. The lowest BCUT2D eigenvalue weighted by Gasteiger charge is -2.07. The summed E-state index contributed by atoms with van der Waals surface area (Å²) in [7, 11) is 0. The Kier molecular flexibility index (Phi) is 3.01. The zero-order valence-corrected chi connectivity index (χ0v) is 9.21. The second kappa shape index (κ2) is 4.62. The number of aromatic carboxylic acids is 1. The zero-order valence-electron chi connectivity index (χ0n) is 9.21. The second-order valence-electron chi connectivity index (χ2n) is 3.57. The molecule has 0 aliphatic rings. The summed E-state index contributed by atoms with van der Waals surface area (Å²) in [6.07, 6.45) is 2.68. The van der Waals surface area contributed by atoms with Gasteiger partial charge in [-0.1, -0.05) is 0 Å². The van der Waals surface area contributed by atoms with Crippen LogP contribution in [0, 0.1) is 0 Å². The van der Waals surface area contributed by atoms with Crippen LogP contribution in [0.4, 0.5) is 11.4 Å². The number of carboxylic acids is 1. The van der Waals surface area contributed by atoms with E-state index in [9.17, 15) is 9.59 Å². The molecular weight excluding hydrogens is 236 g/mol. The minimum absolute atomic E-state index is 0.0637. The Labute approximate surface area is 102 Å². The van der Waals surface area contributed by atoms with E-state index >= 15 is 0 Å². The van der Waals surface area contributed by atoms with E-state index in [4.69, 9.17) is 15.3 Å². The van der Waals surface area contributed by atoms with Crippen LogP contribution in [0.5, 0.6) is 0 Å². The van der Waals surface area contributed by atoms with Gasteiger partial charge in [-0.2, -0.15) is 0 Å². The minimum atomic E-state index is -1.07. The molecule has 6 nitrogen and oxygen atoms in total. The molecule has 2 rings (SSSR count). The molecule has 1 heterocycles. The average Bonchev–Trinajstić information content (AvgIpc) is 2.85. The Bertz CT molecular complexity index is 590. The number of nitrogens with two attached hydrogens (primary N) is 1. The topological polar surface area (TPSA) is 106 Å². The third-order valence-corrected chi connectivity index (χ3v) is 2.33. The number of carbonyl (C=O) groups excluding carboxylic acids is 1. The fourth-order valence-corrected chi connectivity index (χ4v) is 1.40. The van der Waals surface area contributed by atoms with E-state index in [0.717, 1.165) is 0 Å². The number of amides is 1. The first-order valence-corrected chi connectivity index (χ1v) is 5.04. The predicted octanol–water partition coefficient (Wildman–Crippen LogP) is 1.81. The number of benzene rings is 1. The van der Waals surface area contributed by atoms with Crippen LogP contribution in [0.25, 0.3) is 0 Å². The third kappa shape index (κ3) is 2.32. The van der Waals surface area contributed by atoms with E-state index in [-0.39, 0.29) is 17.2 Å². The summed E-state index contributed by atoms with van der Waals surface area (Å²) in [5, 5.41) is 11.3. The number of anilines is 2. The van der Waals surface area contributed by atoms with Gasteiger partial charge in [0, 0.05) is 0 Å². The van der Waals surface area contributed by atoms with Gasteiger partial charge < -0.3 is 20.6 Å². The maximum Gasteiger partial charge on any atom is 0.335 e. The Hall–Kier alpha value is -2.76. The predicted molar refractivity (Wildman–Crippen MR) is 64.5 cm³/mol. The summed E-state index contributed by atoms with van der Waals surface area (Å²) < 4.78 is 4.78. The van der Waals surface area contributed by atoms with Crippen molar-refractivity contribution in [3.05, 3.63) is 47.9 Å². The molecule has 6 heteroatoms. The Morgan fingerprint density at radius 3 is 2.56 bits per heavy atom. The van der Waals surface area contributed by atoms with Gasteiger partial charge in [-0.05, 0) is 24.3 Å². The standard InChI is InChI=1S/C12H10N2O4/c13-9-5-7(12(16)17)1-2-10(9)14-11(15)8-3-4-18-6-8/h1-6H,13H2,(H,14,15)(H,16,17). The SMILES string of the molecule is Nc1cc(C(=O)O)ccc1NC(=O)c1ccoc1. The first-order valence-electron chi connectivity index (χ1n) is 5.04. The summed E-state index contributed by atoms with van der Waals surface area (Å²) in [5.41, 5.74) is 6.62. The highest BCUT2D eigenvalue weighted by Crippen LogP contribution is 2.20. The van der Waals surface area contributed by atoms with Crippen molar-refractivity contribution in [2.75, 3.05) is 11.1 Å². The van der Waals surface area contributed by atoms with E-state index in [1.165, 1.54) is 36.8 Å². The van der Waals surface area contributed by atoms with Crippen LogP contribution >= 0.6 is 0 Å². The molecule has 0 aliphatic carbocycles. The Balaban J connectivity index is 2.20. The maximum absolute atomic E-state index is 11.7. The first kappa shape index (κ1) is 11.7. The molecule has 0 unspecified atom stereocenters. The number of hydrogen-bond acceptors (Lipinski definition) is 4. The van der Waals surface area contributed by atoms with E-state index < -0.39 is 5.97 Å². The molecule has 1 aromatic carbocycles. The number of hydrogen-bond donors (Lipinski definition) is 3. The zero-order chi connectivity index (χ0) is 13.1. The van der Waals surface area contributed by atoms with E-state index in [0.29, 0.717) is 11.3 Å². The molecule has 18 heavy (non-hydrogen) atoms. The highest BCUT2D eigenvalue weighted by atomic mass is 16.4. The lowest BCUT2D eigenvalue weighted by molar-refractivity contribution is 0.0697. The van der Waals surface area contributed by atoms with Crippen molar-refractivity contribution in [2.24, 2.45) is 0 Å². The quantitative estimate of drug-likeness (QED) is 0.716. The normalized spacial score (nSPS) is 10.0. The van der Waals surface area contributed by atoms with Gasteiger partial charge in [-0.25, -0.2) is 4.79 Å². The summed E-state index contributed by atoms with van der Waals surface area (Å²) in [6.45, 7) is 0. The van der Waals surface area contributed by atoms with Crippen LogP contribution in [0.1, 0.15) is 20.7 Å². The van der Waals surface area contributed by atoms with Gasteiger partial charge in [-0.15, -0.1) is 0 Å². The van der Waals surface area contributed by atoms with Crippen LogP contribution < -0.4 is 11.1 Å². The molecule has 0 spiro atoms. The number of carboxylic acid groups (broad SMARTS) is 1. The molecule has 0 saturated carbocycles. The molecule has 92 valence electrons. The average molecular weight is 246 g/mol. The fraction of sp³-hybridized carbons (Fsp3) is 0. The lowest BCUT2D eigenvalue weighted by Crippen LogP contribution is -2.12. The maximum atomic E-state index is 11.7. The van der Waals surface area contributed by atoms with Crippen LogP contribution in [0.15, 0.2) is 41.2 Å². The van der Waals surface area contributed by atoms with Crippen molar-refractivity contribution >= 4 is 23.3 Å². The molecule has 2 aromatic rings. The van der Waals surface area contributed by atoms with E-state index in [1.54, 1.807) is 0 Å². The highest BCUT2D eigenvalue weighted by molar-refractivity contribution is 6.06. The van der Waals surface area contributed by atoms with Gasteiger partial charge in [-0.3, -0.25) is 4.79 Å². The molecular formula is C12H10N2O4. The van der Waals surface area contributed by atoms with Crippen molar-refractivity contribution in [3.8, 4) is 0 Å². The van der Waals surface area contributed by atoms with Gasteiger partial charge in [0.1, 0.15) is 6.26 Å². The Morgan fingerprint density at radius 1 is 1.22 bits per heavy atom. The number of carbonyl (C=O) groups is 2. The van der Waals surface area contributed by atoms with Crippen molar-refractivity contribution in [2.45, 2.75) is 0 Å². The summed E-state index contributed by atoms with van der Waals surface area (Å²) in [4.78, 5) is 22.4. The van der Waals surface area contributed by atoms with Gasteiger partial charge in [0.25, 0.3) is 5.91 Å². The molecule has 1 amide bonds. The van der Waals surface area contributed by atoms with Crippen LogP contribution in [0.2, 0.25) is 0 Å². The van der Waals surface area contributed by atoms with Crippen LogP contribution in [0.3, 0.4) is 0 Å². The highest BCUT2D eigenvalue weighted by Gasteiger charge is 2.11. The van der Waals surface area contributed by atoms with Crippen molar-refractivity contribution in [3.63, 3.8) is 0 Å². The molecule has 4 N–H and O–H groups in total. The van der Waals surface area contributed by atoms with Crippen molar-refractivity contribution in [1.29, 1.82) is 0 Å². The minimum Gasteiger partial charge on any atom is -0.478 e. The van der Waals surface area contributed by atoms with E-state index in [2.05, 4.69) is 5.32 Å². The number of nitrogen functional groups attached to an aromatic ring is 1. The van der Waals surface area contributed by atoms with Gasteiger partial charge in [0.15, 0.2) is 0 Å². The largest absolute Gasteiger partial charge is 0.478 e. The van der Waals surface area contributed by atoms with E-state index in [1.807, 2.05) is 0 Å². The third-order valence-electron chi connectivity index (χ3n) is 2.33. The fourth-order valence-electron chi connectivity index (χ4n) is 1.40. The van der Waals surface area contributed by atoms with Gasteiger partial charge >= 0.3 is 5.97 Å². The number of nitrogens with one attached hydrogen (secondary N) is 1. The molecule has 0 saturated heterocycles. The molecule has 0 fully saturated rings. The smallest absolute Gasteiger partial charge is 0.335 e. The molecule has 1 aromatic heterocycles. The lowest BCUT2D eigenvalue weighted by atomic mass is 10.1. The summed E-state index contributed by atoms with van der Waals surface area (Å²) in [6, 6.07) is 5.60. The first-order chi connectivity index (χ1) is 8.58. The van der Waals surface area contributed by atoms with Crippen LogP contribution in [-0.4, -0.2) is 17.0 Å². The summed E-state index contributed by atoms with van der Waals surface area (Å²) >= 11 is 0. The monoisotopic (exact) mass is 246 g/mol. The molecule has 0 bridgehead atoms. The summed E-state index contributed by atoms with van der Waals surface area (Å²) in [5.74, 6) is -1.45. The Morgan fingerprint density at radius 2 is 2.00 bits per heavy atom. The molecule has 0 aliphatic heterocycles. The molecule has 0 atom stereocenters. The number of furan rings is 1. The van der Waals surface area contributed by atoms with Gasteiger partial charge in [0.2, 0.25) is 0 Å². The van der Waals surface area contributed by atoms with Crippen LogP contribution in [-0.2, 0) is 0 Å². The van der Waals surface area contributed by atoms with Crippen molar-refractivity contribution in [1.82, 2.24) is 0 Å².